The van der Waals surface area contributed by atoms with Gasteiger partial charge in [0.1, 0.15) is 18.0 Å². The first-order valence-electron chi connectivity index (χ1n) is 12.5. The van der Waals surface area contributed by atoms with E-state index in [1.54, 1.807) is 6.07 Å². The Hall–Kier alpha value is -2.77. The minimum absolute atomic E-state index is 0.0465. The molecule has 1 unspecified atom stereocenters. The van der Waals surface area contributed by atoms with Gasteiger partial charge in [-0.25, -0.2) is 4.79 Å². The maximum atomic E-state index is 13.2. The Balaban J connectivity index is 1.60. The number of benzene rings is 2. The molecule has 1 N–H and O–H groups in total. The zero-order valence-electron chi connectivity index (χ0n) is 21.9. The first-order chi connectivity index (χ1) is 17.1. The van der Waals surface area contributed by atoms with E-state index in [1.165, 1.54) is 0 Å². The van der Waals surface area contributed by atoms with Crippen LogP contribution in [-0.4, -0.2) is 61.5 Å². The van der Waals surface area contributed by atoms with Gasteiger partial charge in [-0.2, -0.15) is 0 Å². The number of carbonyl (C=O) groups excluding carboxylic acids is 2. The van der Waals surface area contributed by atoms with Gasteiger partial charge >= 0.3 is 6.09 Å². The average molecular weight is 517 g/mol. The molecule has 1 fully saturated rings. The Kier molecular flexibility index (Phi) is 9.63. The molecular formula is C28H37ClN2O5. The monoisotopic (exact) mass is 516 g/mol. The third-order valence-corrected chi connectivity index (χ3v) is 6.08. The molecule has 0 aliphatic carbocycles. The predicted molar refractivity (Wildman–Crippen MR) is 142 cm³/mol. The van der Waals surface area contributed by atoms with E-state index >= 15 is 0 Å². The van der Waals surface area contributed by atoms with Crippen molar-refractivity contribution in [2.24, 2.45) is 0 Å². The lowest BCUT2D eigenvalue weighted by Gasteiger charge is -2.33. The van der Waals surface area contributed by atoms with Crippen molar-refractivity contribution in [3.63, 3.8) is 0 Å². The second kappa shape index (κ2) is 12.5. The van der Waals surface area contributed by atoms with Gasteiger partial charge in [-0.1, -0.05) is 43.1 Å². The molecule has 7 nitrogen and oxygen atoms in total. The molecule has 36 heavy (non-hydrogen) atoms. The first-order valence-corrected chi connectivity index (χ1v) is 12.9. The van der Waals surface area contributed by atoms with E-state index in [4.69, 9.17) is 25.8 Å². The molecule has 3 rings (SSSR count). The number of ether oxygens (including phenoxy) is 3. The Morgan fingerprint density at radius 2 is 1.89 bits per heavy atom. The quantitative estimate of drug-likeness (QED) is 0.445. The number of nitrogens with one attached hydrogen (secondary N) is 1. The van der Waals surface area contributed by atoms with E-state index in [0.29, 0.717) is 42.6 Å². The molecule has 196 valence electrons. The minimum Gasteiger partial charge on any atom is -0.490 e. The van der Waals surface area contributed by atoms with Crippen molar-refractivity contribution >= 4 is 23.6 Å². The highest BCUT2D eigenvalue weighted by atomic mass is 35.5. The number of amides is 2. The Labute approximate surface area is 219 Å². The fourth-order valence-electron chi connectivity index (χ4n) is 4.08. The third kappa shape index (κ3) is 7.87. The molecule has 1 atom stereocenters. The Morgan fingerprint density at radius 1 is 1.17 bits per heavy atom. The molecule has 1 saturated heterocycles. The summed E-state index contributed by atoms with van der Waals surface area (Å²) in [6.45, 7) is 11.9. The van der Waals surface area contributed by atoms with Crippen LogP contribution in [0.3, 0.4) is 0 Å². The van der Waals surface area contributed by atoms with Gasteiger partial charge < -0.3 is 24.4 Å². The normalized spacial score (nSPS) is 15.9. The molecule has 2 aromatic carbocycles. The smallest absolute Gasteiger partial charge is 0.407 e. The van der Waals surface area contributed by atoms with E-state index in [0.717, 1.165) is 29.5 Å². The fraction of sp³-hybridized carbons (Fsp3) is 0.500. The summed E-state index contributed by atoms with van der Waals surface area (Å²) in [6.07, 6.45) is 1.63. The number of carbonyl (C=O) groups is 2. The van der Waals surface area contributed by atoms with Crippen LogP contribution in [0.4, 0.5) is 4.79 Å². The van der Waals surface area contributed by atoms with Gasteiger partial charge in [0, 0.05) is 18.7 Å². The van der Waals surface area contributed by atoms with Crippen molar-refractivity contribution in [3.8, 4) is 16.9 Å². The maximum Gasteiger partial charge on any atom is 0.407 e. The van der Waals surface area contributed by atoms with Crippen LogP contribution >= 0.6 is 11.6 Å². The lowest BCUT2D eigenvalue weighted by Crippen LogP contribution is -2.45. The minimum atomic E-state index is -0.547. The SMILES string of the molecule is CCCC1CN(C(=O)c2ccc(-c3ccc(OCCNC(=O)OC(C)(C)C)c(Cl)c3)cc2C)CCO1. The van der Waals surface area contributed by atoms with Crippen molar-refractivity contribution < 1.29 is 23.8 Å². The van der Waals surface area contributed by atoms with Crippen LogP contribution in [0.15, 0.2) is 36.4 Å². The molecule has 0 bridgehead atoms. The molecule has 1 aliphatic heterocycles. The number of hydrogen-bond acceptors (Lipinski definition) is 5. The molecule has 2 amide bonds. The largest absolute Gasteiger partial charge is 0.490 e. The van der Waals surface area contributed by atoms with Crippen LogP contribution in [-0.2, 0) is 9.47 Å². The summed E-state index contributed by atoms with van der Waals surface area (Å²) in [7, 11) is 0. The van der Waals surface area contributed by atoms with Crippen LogP contribution in [0.25, 0.3) is 11.1 Å². The number of aryl methyl sites for hydroxylation is 1. The van der Waals surface area contributed by atoms with Crippen molar-refractivity contribution in [2.75, 3.05) is 32.8 Å². The van der Waals surface area contributed by atoms with Gasteiger partial charge in [0.2, 0.25) is 0 Å². The average Bonchev–Trinajstić information content (AvgIpc) is 2.81. The molecule has 2 aromatic rings. The first kappa shape index (κ1) is 27.8. The highest BCUT2D eigenvalue weighted by molar-refractivity contribution is 6.32. The lowest BCUT2D eigenvalue weighted by atomic mass is 9.98. The van der Waals surface area contributed by atoms with Crippen molar-refractivity contribution in [1.29, 1.82) is 0 Å². The summed E-state index contributed by atoms with van der Waals surface area (Å²) in [5.74, 6) is 0.578. The van der Waals surface area contributed by atoms with Gasteiger partial charge in [0.05, 0.1) is 24.3 Å². The highest BCUT2D eigenvalue weighted by Crippen LogP contribution is 2.31. The lowest BCUT2D eigenvalue weighted by molar-refractivity contribution is -0.0250. The molecular weight excluding hydrogens is 480 g/mol. The number of alkyl carbamates (subject to hydrolysis) is 1. The Morgan fingerprint density at radius 3 is 2.56 bits per heavy atom. The number of hydrogen-bond donors (Lipinski definition) is 1. The summed E-state index contributed by atoms with van der Waals surface area (Å²) in [5, 5.41) is 3.12. The standard InChI is InChI=1S/C28H37ClN2O5/c1-6-7-22-18-31(13-15-34-22)26(32)23-10-8-20(16-19(23)2)21-9-11-25(24(29)17-21)35-14-12-30-27(33)36-28(3,4)5/h8-11,16-17,22H,6-7,12-15,18H2,1-5H3,(H,30,33). The number of halogens is 1. The van der Waals surface area contributed by atoms with Crippen molar-refractivity contribution in [2.45, 2.75) is 59.2 Å². The molecule has 0 spiro atoms. The highest BCUT2D eigenvalue weighted by Gasteiger charge is 2.25. The van der Waals surface area contributed by atoms with Gasteiger partial charge in [-0.3, -0.25) is 4.79 Å². The zero-order valence-corrected chi connectivity index (χ0v) is 22.6. The summed E-state index contributed by atoms with van der Waals surface area (Å²) < 4.78 is 16.7. The number of morpholine rings is 1. The summed E-state index contributed by atoms with van der Waals surface area (Å²) in [5.41, 5.74) is 2.97. The third-order valence-electron chi connectivity index (χ3n) is 5.79. The van der Waals surface area contributed by atoms with Crippen molar-refractivity contribution in [1.82, 2.24) is 10.2 Å². The molecule has 1 heterocycles. The van der Waals surface area contributed by atoms with E-state index in [2.05, 4.69) is 12.2 Å². The predicted octanol–water partition coefficient (Wildman–Crippen LogP) is 5.86. The van der Waals surface area contributed by atoms with Gasteiger partial charge in [-0.15, -0.1) is 0 Å². The fourth-order valence-corrected chi connectivity index (χ4v) is 4.31. The van der Waals surface area contributed by atoms with Crippen LogP contribution < -0.4 is 10.1 Å². The second-order valence-corrected chi connectivity index (χ2v) is 10.4. The van der Waals surface area contributed by atoms with Gasteiger partial charge in [0.15, 0.2) is 0 Å². The van der Waals surface area contributed by atoms with Gasteiger partial charge in [0.25, 0.3) is 5.91 Å². The van der Waals surface area contributed by atoms with Crippen LogP contribution in [0.2, 0.25) is 5.02 Å². The van der Waals surface area contributed by atoms with E-state index in [1.807, 2.05) is 62.9 Å². The van der Waals surface area contributed by atoms with Crippen LogP contribution in [0.1, 0.15) is 56.5 Å². The molecule has 1 aliphatic rings. The Bertz CT molecular complexity index is 1060. The zero-order chi connectivity index (χ0) is 26.3. The van der Waals surface area contributed by atoms with Gasteiger partial charge in [-0.05, 0) is 69.0 Å². The number of nitrogens with zero attached hydrogens (tertiary/aromatic N) is 1. The summed E-state index contributed by atoms with van der Waals surface area (Å²) in [4.78, 5) is 26.8. The number of rotatable bonds is 8. The van der Waals surface area contributed by atoms with Crippen molar-refractivity contribution in [3.05, 3.63) is 52.5 Å². The second-order valence-electron chi connectivity index (χ2n) is 9.98. The van der Waals surface area contributed by atoms with Crippen LogP contribution in [0, 0.1) is 6.92 Å². The molecule has 0 radical (unpaired) electrons. The summed E-state index contributed by atoms with van der Waals surface area (Å²) in [6, 6.07) is 11.4. The van der Waals surface area contributed by atoms with Crippen LogP contribution in [0.5, 0.6) is 5.75 Å². The summed E-state index contributed by atoms with van der Waals surface area (Å²) >= 11 is 6.46. The topological polar surface area (TPSA) is 77.1 Å². The van der Waals surface area contributed by atoms with E-state index < -0.39 is 11.7 Å². The molecule has 8 heteroatoms. The van der Waals surface area contributed by atoms with E-state index in [-0.39, 0.29) is 18.6 Å². The molecule has 0 aromatic heterocycles. The molecule has 0 saturated carbocycles. The van der Waals surface area contributed by atoms with E-state index in [9.17, 15) is 9.59 Å². The maximum absolute atomic E-state index is 13.2.